The Morgan fingerprint density at radius 1 is 0.710 bits per heavy atom. The highest BCUT2D eigenvalue weighted by Crippen LogP contribution is 2.21. The lowest BCUT2D eigenvalue weighted by Crippen LogP contribution is -2.31. The molecule has 0 heterocycles. The van der Waals surface area contributed by atoms with E-state index >= 15 is 0 Å². The van der Waals surface area contributed by atoms with Gasteiger partial charge in [0.1, 0.15) is 0 Å². The molecule has 4 amide bonds. The second kappa shape index (κ2) is 10.3. The zero-order valence-electron chi connectivity index (χ0n) is 18.1. The predicted molar refractivity (Wildman–Crippen MR) is 125 cm³/mol. The molecule has 0 fully saturated rings. The van der Waals surface area contributed by atoms with Crippen LogP contribution in [0.3, 0.4) is 0 Å². The van der Waals surface area contributed by atoms with Gasteiger partial charge in [-0.2, -0.15) is 0 Å². The number of carbonyl (C=O) groups excluding carboxylic acids is 2. The van der Waals surface area contributed by atoms with E-state index in [0.717, 1.165) is 16.7 Å². The quantitative estimate of drug-likeness (QED) is 0.571. The molecule has 0 aromatic heterocycles. The number of aryl methyl sites for hydroxylation is 1. The van der Waals surface area contributed by atoms with Crippen LogP contribution in [-0.2, 0) is 13.1 Å². The number of hydrogen-bond acceptors (Lipinski definition) is 2. The van der Waals surface area contributed by atoms with Gasteiger partial charge in [-0.25, -0.2) is 9.59 Å². The summed E-state index contributed by atoms with van der Waals surface area (Å²) in [5.41, 5.74) is 4.31. The molecule has 6 heteroatoms. The van der Waals surface area contributed by atoms with Crippen LogP contribution in [-0.4, -0.2) is 36.0 Å². The Labute approximate surface area is 183 Å². The van der Waals surface area contributed by atoms with Crippen molar-refractivity contribution in [1.82, 2.24) is 9.80 Å². The van der Waals surface area contributed by atoms with Crippen LogP contribution in [0.1, 0.15) is 16.7 Å². The summed E-state index contributed by atoms with van der Waals surface area (Å²) in [4.78, 5) is 28.4. The summed E-state index contributed by atoms with van der Waals surface area (Å²) < 4.78 is 0. The summed E-state index contributed by atoms with van der Waals surface area (Å²) in [6, 6.07) is 24.7. The van der Waals surface area contributed by atoms with Gasteiger partial charge in [0, 0.05) is 38.6 Å². The normalized spacial score (nSPS) is 10.3. The van der Waals surface area contributed by atoms with Crippen LogP contribution in [0.15, 0.2) is 78.9 Å². The van der Waals surface area contributed by atoms with E-state index in [1.165, 1.54) is 0 Å². The van der Waals surface area contributed by atoms with Crippen molar-refractivity contribution < 1.29 is 9.59 Å². The van der Waals surface area contributed by atoms with Crippen molar-refractivity contribution >= 4 is 23.4 Å². The topological polar surface area (TPSA) is 64.7 Å². The Bertz CT molecular complexity index is 1020. The fraction of sp³-hybridized carbons (Fsp3) is 0.200. The molecule has 0 aliphatic heterocycles. The molecule has 3 rings (SSSR count). The largest absolute Gasteiger partial charge is 0.323 e. The molecular formula is C25H28N4O2. The minimum absolute atomic E-state index is 0.211. The van der Waals surface area contributed by atoms with E-state index < -0.39 is 0 Å². The highest BCUT2D eigenvalue weighted by molar-refractivity contribution is 5.93. The first-order valence-electron chi connectivity index (χ1n) is 10.1. The molecule has 0 atom stereocenters. The van der Waals surface area contributed by atoms with Crippen molar-refractivity contribution in [2.24, 2.45) is 0 Å². The van der Waals surface area contributed by atoms with Gasteiger partial charge in [0.05, 0.1) is 0 Å². The van der Waals surface area contributed by atoms with Crippen molar-refractivity contribution in [3.05, 3.63) is 95.6 Å². The monoisotopic (exact) mass is 416 g/mol. The van der Waals surface area contributed by atoms with E-state index in [1.807, 2.05) is 79.7 Å². The molecule has 0 bridgehead atoms. The fourth-order valence-corrected chi connectivity index (χ4v) is 3.12. The number of hydrogen-bond donors (Lipinski definition) is 2. The Morgan fingerprint density at radius 3 is 1.71 bits per heavy atom. The van der Waals surface area contributed by atoms with E-state index in [4.69, 9.17) is 0 Å². The first kappa shape index (κ1) is 21.9. The fourth-order valence-electron chi connectivity index (χ4n) is 3.12. The molecule has 160 valence electrons. The van der Waals surface area contributed by atoms with Gasteiger partial charge in [-0.05, 0) is 35.7 Å². The minimum atomic E-state index is -0.217. The number of urea groups is 2. The third kappa shape index (κ3) is 6.34. The maximum absolute atomic E-state index is 12.6. The van der Waals surface area contributed by atoms with Crippen LogP contribution in [0.25, 0.3) is 0 Å². The number of amides is 4. The molecule has 0 aliphatic rings. The second-order valence-corrected chi connectivity index (χ2v) is 7.57. The van der Waals surface area contributed by atoms with Crippen LogP contribution >= 0.6 is 0 Å². The molecular weight excluding hydrogens is 388 g/mol. The molecule has 31 heavy (non-hydrogen) atoms. The Morgan fingerprint density at radius 2 is 1.19 bits per heavy atom. The lowest BCUT2D eigenvalue weighted by Gasteiger charge is -2.20. The standard InChI is InChI=1S/C25H28N4O2/c1-19-14-15-22(26-24(30)28(2)17-20-10-6-4-7-11-20)16-23(19)27-25(31)29(3)18-21-12-8-5-9-13-21/h4-16H,17-18H2,1-3H3,(H,26,30)(H,27,31). The van der Waals surface area contributed by atoms with Crippen LogP contribution in [0.4, 0.5) is 21.0 Å². The van der Waals surface area contributed by atoms with E-state index in [9.17, 15) is 9.59 Å². The van der Waals surface area contributed by atoms with Crippen molar-refractivity contribution in [1.29, 1.82) is 0 Å². The first-order chi connectivity index (χ1) is 14.9. The Hall–Kier alpha value is -3.80. The van der Waals surface area contributed by atoms with Crippen molar-refractivity contribution in [3.8, 4) is 0 Å². The number of carbonyl (C=O) groups is 2. The zero-order valence-corrected chi connectivity index (χ0v) is 18.1. The summed E-state index contributed by atoms with van der Waals surface area (Å²) in [6.45, 7) is 2.93. The zero-order chi connectivity index (χ0) is 22.2. The Kier molecular flexibility index (Phi) is 7.27. The van der Waals surface area contributed by atoms with Gasteiger partial charge in [-0.3, -0.25) is 0 Å². The first-order valence-corrected chi connectivity index (χ1v) is 10.1. The molecule has 3 aromatic rings. The summed E-state index contributed by atoms with van der Waals surface area (Å²) >= 11 is 0. The third-order valence-electron chi connectivity index (χ3n) is 4.95. The van der Waals surface area contributed by atoms with Gasteiger partial charge in [-0.1, -0.05) is 66.7 Å². The minimum Gasteiger partial charge on any atom is -0.323 e. The molecule has 3 aromatic carbocycles. The average molecular weight is 417 g/mol. The van der Waals surface area contributed by atoms with E-state index in [1.54, 1.807) is 30.0 Å². The Balaban J connectivity index is 1.61. The summed E-state index contributed by atoms with van der Waals surface area (Å²) in [6.07, 6.45) is 0. The van der Waals surface area contributed by atoms with Crippen LogP contribution in [0.5, 0.6) is 0 Å². The van der Waals surface area contributed by atoms with E-state index in [2.05, 4.69) is 10.6 Å². The highest BCUT2D eigenvalue weighted by atomic mass is 16.2. The number of nitrogens with one attached hydrogen (secondary N) is 2. The maximum Gasteiger partial charge on any atom is 0.321 e. The average Bonchev–Trinajstić information content (AvgIpc) is 2.77. The maximum atomic E-state index is 12.6. The molecule has 0 saturated carbocycles. The lowest BCUT2D eigenvalue weighted by atomic mass is 10.1. The van der Waals surface area contributed by atoms with Gasteiger partial charge in [-0.15, -0.1) is 0 Å². The summed E-state index contributed by atoms with van der Waals surface area (Å²) in [5.74, 6) is 0. The number of nitrogens with zero attached hydrogens (tertiary/aromatic N) is 2. The molecule has 6 nitrogen and oxygen atoms in total. The van der Waals surface area contributed by atoms with Crippen molar-refractivity contribution in [3.63, 3.8) is 0 Å². The third-order valence-corrected chi connectivity index (χ3v) is 4.95. The van der Waals surface area contributed by atoms with Gasteiger partial charge in [0.25, 0.3) is 0 Å². The smallest absolute Gasteiger partial charge is 0.321 e. The number of benzene rings is 3. The highest BCUT2D eigenvalue weighted by Gasteiger charge is 2.13. The molecule has 0 aliphatic carbocycles. The summed E-state index contributed by atoms with van der Waals surface area (Å²) in [5, 5.41) is 5.83. The van der Waals surface area contributed by atoms with Gasteiger partial charge in [0.2, 0.25) is 0 Å². The van der Waals surface area contributed by atoms with Gasteiger partial charge < -0.3 is 20.4 Å². The van der Waals surface area contributed by atoms with E-state index in [-0.39, 0.29) is 12.1 Å². The SMILES string of the molecule is Cc1ccc(NC(=O)N(C)Cc2ccccc2)cc1NC(=O)N(C)Cc1ccccc1. The van der Waals surface area contributed by atoms with Crippen molar-refractivity contribution in [2.75, 3.05) is 24.7 Å². The molecule has 2 N–H and O–H groups in total. The molecule has 0 unspecified atom stereocenters. The lowest BCUT2D eigenvalue weighted by molar-refractivity contribution is 0.220. The molecule has 0 saturated heterocycles. The van der Waals surface area contributed by atoms with Crippen molar-refractivity contribution in [2.45, 2.75) is 20.0 Å². The van der Waals surface area contributed by atoms with Crippen LogP contribution < -0.4 is 10.6 Å². The van der Waals surface area contributed by atoms with Gasteiger partial charge in [0.15, 0.2) is 0 Å². The second-order valence-electron chi connectivity index (χ2n) is 7.57. The van der Waals surface area contributed by atoms with Crippen LogP contribution in [0.2, 0.25) is 0 Å². The molecule has 0 spiro atoms. The van der Waals surface area contributed by atoms with E-state index in [0.29, 0.717) is 24.5 Å². The molecule has 0 radical (unpaired) electrons. The number of anilines is 2. The summed E-state index contributed by atoms with van der Waals surface area (Å²) in [7, 11) is 3.50. The number of rotatable bonds is 6. The van der Waals surface area contributed by atoms with Gasteiger partial charge >= 0.3 is 12.1 Å². The van der Waals surface area contributed by atoms with Crippen LogP contribution in [0, 0.1) is 6.92 Å². The predicted octanol–water partition coefficient (Wildman–Crippen LogP) is 5.32.